The molecule has 0 spiro atoms. The molecule has 0 aliphatic carbocycles. The third-order valence-corrected chi connectivity index (χ3v) is 6.48. The van der Waals surface area contributed by atoms with Gasteiger partial charge in [0.2, 0.25) is 0 Å². The van der Waals surface area contributed by atoms with Gasteiger partial charge in [-0.3, -0.25) is 14.6 Å². The van der Waals surface area contributed by atoms with Crippen LogP contribution in [-0.4, -0.2) is 47.6 Å². The van der Waals surface area contributed by atoms with E-state index in [0.717, 1.165) is 59.3 Å². The van der Waals surface area contributed by atoms with Gasteiger partial charge >= 0.3 is 0 Å². The number of thioether (sulfide) groups is 1. The van der Waals surface area contributed by atoms with Crippen molar-refractivity contribution in [3.63, 3.8) is 0 Å². The van der Waals surface area contributed by atoms with Crippen LogP contribution in [0.4, 0.5) is 5.69 Å². The highest BCUT2D eigenvalue weighted by atomic mass is 32.2. The van der Waals surface area contributed by atoms with Crippen LogP contribution in [0.25, 0.3) is 6.08 Å². The lowest BCUT2D eigenvalue weighted by Gasteiger charge is -2.26. The van der Waals surface area contributed by atoms with Crippen LogP contribution in [0.3, 0.4) is 0 Å². The lowest BCUT2D eigenvalue weighted by Crippen LogP contribution is -2.32. The van der Waals surface area contributed by atoms with E-state index in [-0.39, 0.29) is 5.91 Å². The number of thiocarbonyl (C=S) groups is 1. The van der Waals surface area contributed by atoms with Crippen molar-refractivity contribution >= 4 is 46.8 Å². The summed E-state index contributed by atoms with van der Waals surface area (Å²) in [6.45, 7) is 5.00. The summed E-state index contributed by atoms with van der Waals surface area (Å²) < 4.78 is 5.57. The molecule has 2 fully saturated rings. The van der Waals surface area contributed by atoms with Gasteiger partial charge in [-0.05, 0) is 60.6 Å². The molecule has 1 amide bonds. The number of hydrogen-bond acceptors (Lipinski definition) is 5. The summed E-state index contributed by atoms with van der Waals surface area (Å²) in [5, 5.41) is 3.47. The van der Waals surface area contributed by atoms with E-state index >= 15 is 0 Å². The molecule has 0 atom stereocenters. The molecule has 0 bridgehead atoms. The number of hydrogen-bond donors (Lipinski definition) is 1. The number of nitrogens with one attached hydrogen (secondary N) is 1. The van der Waals surface area contributed by atoms with Gasteiger partial charge in [0.15, 0.2) is 5.11 Å². The second-order valence-corrected chi connectivity index (χ2v) is 9.04. The summed E-state index contributed by atoms with van der Waals surface area (Å²) in [7, 11) is 1.70. The molecule has 7 heteroatoms. The van der Waals surface area contributed by atoms with Crippen LogP contribution in [0, 0.1) is 6.92 Å². The maximum absolute atomic E-state index is 13.0. The average Bonchev–Trinajstić information content (AvgIpc) is 3.02. The maximum atomic E-state index is 13.0. The molecule has 4 rings (SSSR count). The molecule has 1 N–H and O–H groups in total. The quantitative estimate of drug-likeness (QED) is 0.565. The normalized spacial score (nSPS) is 18.7. The summed E-state index contributed by atoms with van der Waals surface area (Å²) in [6, 6.07) is 13.8. The smallest absolute Gasteiger partial charge is 0.281 e. The molecule has 2 saturated heterocycles. The Morgan fingerprint density at radius 2 is 2.00 bits per heavy atom. The fourth-order valence-corrected chi connectivity index (χ4v) is 4.99. The highest BCUT2D eigenvalue weighted by Crippen LogP contribution is 2.26. The SMILES string of the molecule is COc1ccc(/C=C2/NC(=S)N(c3cccc(C)c3)C2=O)cc1CN1CCSCC1. The van der Waals surface area contributed by atoms with E-state index in [1.54, 1.807) is 12.0 Å². The second-order valence-electron chi connectivity index (χ2n) is 7.43. The largest absolute Gasteiger partial charge is 0.496 e. The molecule has 0 aromatic heterocycles. The molecule has 2 aliphatic heterocycles. The zero-order valence-electron chi connectivity index (χ0n) is 17.2. The topological polar surface area (TPSA) is 44.8 Å². The van der Waals surface area contributed by atoms with E-state index in [4.69, 9.17) is 17.0 Å². The van der Waals surface area contributed by atoms with Crippen molar-refractivity contribution in [2.45, 2.75) is 13.5 Å². The first kappa shape index (κ1) is 20.9. The molecule has 156 valence electrons. The van der Waals surface area contributed by atoms with Gasteiger partial charge in [-0.15, -0.1) is 0 Å². The summed E-state index contributed by atoms with van der Waals surface area (Å²) in [5.41, 5.74) is 4.41. The van der Waals surface area contributed by atoms with Gasteiger partial charge in [0, 0.05) is 36.7 Å². The second kappa shape index (κ2) is 9.20. The fraction of sp³-hybridized carbons (Fsp3) is 0.304. The average molecular weight is 440 g/mol. The van der Waals surface area contributed by atoms with Gasteiger partial charge < -0.3 is 10.1 Å². The van der Waals surface area contributed by atoms with Crippen LogP contribution < -0.4 is 15.0 Å². The van der Waals surface area contributed by atoms with E-state index in [0.29, 0.717) is 10.8 Å². The summed E-state index contributed by atoms with van der Waals surface area (Å²) in [5.74, 6) is 3.06. The van der Waals surface area contributed by atoms with Crippen LogP contribution >= 0.6 is 24.0 Å². The molecule has 5 nitrogen and oxygen atoms in total. The summed E-state index contributed by atoms with van der Waals surface area (Å²) in [6.07, 6.45) is 1.86. The van der Waals surface area contributed by atoms with E-state index < -0.39 is 0 Å². The van der Waals surface area contributed by atoms with Crippen molar-refractivity contribution in [1.29, 1.82) is 0 Å². The first-order valence-electron chi connectivity index (χ1n) is 9.96. The van der Waals surface area contributed by atoms with Crippen LogP contribution in [0.2, 0.25) is 0 Å². The Labute approximate surface area is 187 Å². The van der Waals surface area contributed by atoms with Crippen molar-refractivity contribution in [2.24, 2.45) is 0 Å². The summed E-state index contributed by atoms with van der Waals surface area (Å²) >= 11 is 7.43. The Morgan fingerprint density at radius 1 is 1.20 bits per heavy atom. The predicted molar refractivity (Wildman–Crippen MR) is 128 cm³/mol. The number of rotatable bonds is 5. The number of methoxy groups -OCH3 is 1. The van der Waals surface area contributed by atoms with Crippen LogP contribution in [-0.2, 0) is 11.3 Å². The monoisotopic (exact) mass is 439 g/mol. The zero-order chi connectivity index (χ0) is 21.1. The first-order valence-corrected chi connectivity index (χ1v) is 11.5. The highest BCUT2D eigenvalue weighted by molar-refractivity contribution is 7.99. The van der Waals surface area contributed by atoms with Crippen molar-refractivity contribution in [2.75, 3.05) is 36.6 Å². The lowest BCUT2D eigenvalue weighted by molar-refractivity contribution is -0.113. The van der Waals surface area contributed by atoms with E-state index in [1.165, 1.54) is 0 Å². The third kappa shape index (κ3) is 4.53. The zero-order valence-corrected chi connectivity index (χ0v) is 18.8. The Hall–Kier alpha value is -2.35. The molecule has 0 saturated carbocycles. The number of benzene rings is 2. The molecular weight excluding hydrogens is 414 g/mol. The Balaban J connectivity index is 1.59. The molecule has 2 aromatic carbocycles. The molecule has 2 heterocycles. The first-order chi connectivity index (χ1) is 14.5. The van der Waals surface area contributed by atoms with Gasteiger partial charge in [-0.2, -0.15) is 11.8 Å². The standard InChI is InChI=1S/C23H25N3O2S2/c1-16-4-3-5-19(12-16)26-22(27)20(24-23(26)29)14-17-6-7-21(28-2)18(13-17)15-25-8-10-30-11-9-25/h3-7,12-14H,8-11,15H2,1-2H3,(H,24,29)/b20-14+. The molecule has 0 radical (unpaired) electrons. The predicted octanol–water partition coefficient (Wildman–Crippen LogP) is 3.81. The minimum absolute atomic E-state index is 0.143. The van der Waals surface area contributed by atoms with Crippen molar-refractivity contribution in [3.05, 3.63) is 64.9 Å². The molecular formula is C23H25N3O2S2. The Bertz CT molecular complexity index is 1000. The number of carbonyl (C=O) groups is 1. The number of amides is 1. The van der Waals surface area contributed by atoms with Crippen molar-refractivity contribution in [3.8, 4) is 5.75 Å². The number of anilines is 1. The van der Waals surface area contributed by atoms with Crippen molar-refractivity contribution in [1.82, 2.24) is 10.2 Å². The Kier molecular flexibility index (Phi) is 6.41. The Morgan fingerprint density at radius 3 is 2.73 bits per heavy atom. The van der Waals surface area contributed by atoms with Gasteiger partial charge in [-0.25, -0.2) is 0 Å². The van der Waals surface area contributed by atoms with E-state index in [2.05, 4.69) is 16.3 Å². The summed E-state index contributed by atoms with van der Waals surface area (Å²) in [4.78, 5) is 17.0. The third-order valence-electron chi connectivity index (χ3n) is 5.25. The van der Waals surface area contributed by atoms with Gasteiger partial charge in [0.1, 0.15) is 11.4 Å². The van der Waals surface area contributed by atoms with E-state index in [9.17, 15) is 4.79 Å². The molecule has 0 unspecified atom stereocenters. The molecule has 2 aliphatic rings. The molecule has 30 heavy (non-hydrogen) atoms. The van der Waals surface area contributed by atoms with Crippen LogP contribution in [0.15, 0.2) is 48.2 Å². The lowest BCUT2D eigenvalue weighted by atomic mass is 10.1. The van der Waals surface area contributed by atoms with Crippen molar-refractivity contribution < 1.29 is 9.53 Å². The number of ether oxygens (including phenoxy) is 1. The van der Waals surface area contributed by atoms with Gasteiger partial charge in [-0.1, -0.05) is 18.2 Å². The van der Waals surface area contributed by atoms with Crippen LogP contribution in [0.5, 0.6) is 5.75 Å². The molecule has 2 aromatic rings. The number of carbonyl (C=O) groups excluding carboxylic acids is 1. The minimum Gasteiger partial charge on any atom is -0.496 e. The van der Waals surface area contributed by atoms with E-state index in [1.807, 2.05) is 61.2 Å². The minimum atomic E-state index is -0.143. The van der Waals surface area contributed by atoms with Gasteiger partial charge in [0.05, 0.1) is 12.8 Å². The highest BCUT2D eigenvalue weighted by Gasteiger charge is 2.32. The number of nitrogens with zero attached hydrogens (tertiary/aromatic N) is 2. The fourth-order valence-electron chi connectivity index (χ4n) is 3.72. The van der Waals surface area contributed by atoms with Gasteiger partial charge in [0.25, 0.3) is 5.91 Å². The number of aryl methyl sites for hydroxylation is 1. The maximum Gasteiger partial charge on any atom is 0.281 e. The van der Waals surface area contributed by atoms with Crippen LogP contribution in [0.1, 0.15) is 16.7 Å².